The van der Waals surface area contributed by atoms with Crippen molar-refractivity contribution in [3.8, 4) is 11.5 Å². The molecule has 4 heteroatoms. The summed E-state index contributed by atoms with van der Waals surface area (Å²) in [6.07, 6.45) is 3.81. The molecular formula is C24H30NO2S+. The van der Waals surface area contributed by atoms with Gasteiger partial charge in [0.2, 0.25) is 0 Å². The van der Waals surface area contributed by atoms with E-state index >= 15 is 0 Å². The summed E-state index contributed by atoms with van der Waals surface area (Å²) in [5, 5.41) is 1.26. The number of hydrogen-bond donors (Lipinski definition) is 0. The number of nitrogens with zero attached hydrogens (tertiary/aromatic N) is 1. The summed E-state index contributed by atoms with van der Waals surface area (Å²) in [6.45, 7) is 3.69. The molecule has 1 aromatic heterocycles. The average molecular weight is 397 g/mol. The number of rotatable bonds is 6. The van der Waals surface area contributed by atoms with Gasteiger partial charge in [0.15, 0.2) is 11.5 Å². The molecule has 148 valence electrons. The minimum absolute atomic E-state index is 0.791. The van der Waals surface area contributed by atoms with Crippen LogP contribution in [0.5, 0.6) is 11.5 Å². The second-order valence-corrected chi connectivity index (χ2v) is 9.48. The molecule has 1 saturated heterocycles. The van der Waals surface area contributed by atoms with Gasteiger partial charge in [-0.2, -0.15) is 0 Å². The molecule has 0 bridgehead atoms. The van der Waals surface area contributed by atoms with Crippen molar-refractivity contribution < 1.29 is 14.0 Å². The molecule has 0 spiro atoms. The highest BCUT2D eigenvalue weighted by Gasteiger charge is 2.30. The Hall–Kier alpha value is -2.04. The van der Waals surface area contributed by atoms with Gasteiger partial charge < -0.3 is 14.0 Å². The maximum atomic E-state index is 5.45. The lowest BCUT2D eigenvalue weighted by molar-refractivity contribution is -0.928. The van der Waals surface area contributed by atoms with Gasteiger partial charge in [-0.05, 0) is 42.7 Å². The summed E-state index contributed by atoms with van der Waals surface area (Å²) in [5.41, 5.74) is 1.45. The molecule has 1 fully saturated rings. The second kappa shape index (κ2) is 8.14. The van der Waals surface area contributed by atoms with Crippen LogP contribution in [0, 0.1) is 5.92 Å². The highest BCUT2D eigenvalue weighted by atomic mass is 32.1. The van der Waals surface area contributed by atoms with E-state index in [1.54, 1.807) is 14.2 Å². The summed E-state index contributed by atoms with van der Waals surface area (Å²) in [4.78, 5) is 1.48. The van der Waals surface area contributed by atoms with E-state index in [2.05, 4.69) is 55.6 Å². The molecular weight excluding hydrogens is 366 g/mol. The standard InChI is InChI=1S/C24H30NO2S/c1-25(17-19-7-5-4-6-8-19)11-9-18(10-12-25)13-21-14-20-15-22(26-2)23(27-3)16-24(20)28-21/h4-8,14-16,18H,9-13,17H2,1-3H3/q+1. The van der Waals surface area contributed by atoms with E-state index in [1.807, 2.05) is 11.3 Å². The summed E-state index contributed by atoms with van der Waals surface area (Å²) >= 11 is 1.90. The van der Waals surface area contributed by atoms with Crippen molar-refractivity contribution in [2.45, 2.75) is 25.8 Å². The first-order chi connectivity index (χ1) is 13.6. The van der Waals surface area contributed by atoms with Gasteiger partial charge in [-0.25, -0.2) is 0 Å². The molecule has 0 atom stereocenters. The van der Waals surface area contributed by atoms with E-state index in [0.717, 1.165) is 24.0 Å². The molecule has 0 aliphatic carbocycles. The van der Waals surface area contributed by atoms with Crippen LogP contribution in [-0.2, 0) is 13.0 Å². The lowest BCUT2D eigenvalue weighted by Crippen LogP contribution is -2.49. The van der Waals surface area contributed by atoms with E-state index in [0.29, 0.717) is 0 Å². The van der Waals surface area contributed by atoms with Crippen molar-refractivity contribution >= 4 is 21.4 Å². The number of quaternary nitrogens is 1. The van der Waals surface area contributed by atoms with Gasteiger partial charge in [0, 0.05) is 21.2 Å². The summed E-state index contributed by atoms with van der Waals surface area (Å²) in [5.74, 6) is 2.42. The Morgan fingerprint density at radius 3 is 2.32 bits per heavy atom. The number of likely N-dealkylation sites (tertiary alicyclic amines) is 1. The van der Waals surface area contributed by atoms with Gasteiger partial charge in [0.1, 0.15) is 6.54 Å². The molecule has 1 aliphatic rings. The molecule has 0 N–H and O–H groups in total. The molecule has 3 aromatic rings. The van der Waals surface area contributed by atoms with Gasteiger partial charge in [-0.3, -0.25) is 0 Å². The van der Waals surface area contributed by atoms with E-state index in [9.17, 15) is 0 Å². The third kappa shape index (κ3) is 4.18. The highest BCUT2D eigenvalue weighted by Crippen LogP contribution is 2.38. The van der Waals surface area contributed by atoms with Crippen molar-refractivity contribution in [1.82, 2.24) is 0 Å². The number of benzene rings is 2. The van der Waals surface area contributed by atoms with Crippen LogP contribution in [0.25, 0.3) is 10.1 Å². The quantitative estimate of drug-likeness (QED) is 0.511. The molecule has 0 amide bonds. The zero-order chi connectivity index (χ0) is 19.6. The van der Waals surface area contributed by atoms with Gasteiger partial charge in [-0.1, -0.05) is 30.3 Å². The van der Waals surface area contributed by atoms with Crippen LogP contribution in [0.1, 0.15) is 23.3 Å². The monoisotopic (exact) mass is 396 g/mol. The molecule has 2 aromatic carbocycles. The van der Waals surface area contributed by atoms with E-state index in [1.165, 1.54) is 57.4 Å². The fraction of sp³-hybridized carbons (Fsp3) is 0.417. The third-order valence-electron chi connectivity index (χ3n) is 6.12. The third-order valence-corrected chi connectivity index (χ3v) is 7.25. The van der Waals surface area contributed by atoms with Gasteiger partial charge in [0.05, 0.1) is 34.4 Å². The van der Waals surface area contributed by atoms with Crippen LogP contribution in [0.3, 0.4) is 0 Å². The molecule has 0 radical (unpaired) electrons. The summed E-state index contributed by atoms with van der Waals surface area (Å²) < 4.78 is 13.4. The SMILES string of the molecule is COc1cc2cc(CC3CC[N+](C)(Cc4ccccc4)CC3)sc2cc1OC. The Morgan fingerprint density at radius 1 is 0.964 bits per heavy atom. The first-order valence-electron chi connectivity index (χ1n) is 10.1. The maximum Gasteiger partial charge on any atom is 0.162 e. The zero-order valence-corrected chi connectivity index (χ0v) is 17.9. The van der Waals surface area contributed by atoms with Gasteiger partial charge in [0.25, 0.3) is 0 Å². The van der Waals surface area contributed by atoms with Gasteiger partial charge >= 0.3 is 0 Å². The molecule has 28 heavy (non-hydrogen) atoms. The number of ether oxygens (including phenoxy) is 2. The van der Waals surface area contributed by atoms with Crippen LogP contribution in [0.2, 0.25) is 0 Å². The smallest absolute Gasteiger partial charge is 0.162 e. The van der Waals surface area contributed by atoms with Crippen LogP contribution in [0.4, 0.5) is 0 Å². The molecule has 4 rings (SSSR count). The molecule has 3 nitrogen and oxygen atoms in total. The fourth-order valence-corrected chi connectivity index (χ4v) is 5.63. The van der Waals surface area contributed by atoms with Crippen molar-refractivity contribution in [3.05, 3.63) is 59.0 Å². The van der Waals surface area contributed by atoms with Crippen molar-refractivity contribution in [1.29, 1.82) is 0 Å². The normalized spacial score (nSPS) is 22.3. The zero-order valence-electron chi connectivity index (χ0n) is 17.1. The number of methoxy groups -OCH3 is 2. The van der Waals surface area contributed by atoms with E-state index in [-0.39, 0.29) is 0 Å². The Bertz CT molecular complexity index is 885. The highest BCUT2D eigenvalue weighted by molar-refractivity contribution is 7.19. The number of thiophene rings is 1. The first kappa shape index (κ1) is 19.3. The van der Waals surface area contributed by atoms with Crippen molar-refractivity contribution in [3.63, 3.8) is 0 Å². The maximum absolute atomic E-state index is 5.45. The number of fused-ring (bicyclic) bond motifs is 1. The predicted octanol–water partition coefficient (Wildman–Crippen LogP) is 5.52. The first-order valence-corrected chi connectivity index (χ1v) is 10.9. The van der Waals surface area contributed by atoms with Crippen LogP contribution in [0.15, 0.2) is 48.5 Å². The number of hydrogen-bond acceptors (Lipinski definition) is 3. The topological polar surface area (TPSA) is 18.5 Å². The lowest BCUT2D eigenvalue weighted by Gasteiger charge is -2.40. The Kier molecular flexibility index (Phi) is 5.61. The van der Waals surface area contributed by atoms with Crippen molar-refractivity contribution in [2.24, 2.45) is 5.92 Å². The largest absolute Gasteiger partial charge is 0.493 e. The Labute approximate surface area is 172 Å². The molecule has 1 aliphatic heterocycles. The van der Waals surface area contributed by atoms with E-state index in [4.69, 9.17) is 9.47 Å². The Morgan fingerprint density at radius 2 is 1.64 bits per heavy atom. The minimum atomic E-state index is 0.791. The lowest BCUT2D eigenvalue weighted by atomic mass is 9.91. The Balaban J connectivity index is 1.40. The van der Waals surface area contributed by atoms with Crippen LogP contribution >= 0.6 is 11.3 Å². The van der Waals surface area contributed by atoms with Crippen molar-refractivity contribution in [2.75, 3.05) is 34.4 Å². The average Bonchev–Trinajstić information content (AvgIpc) is 3.10. The molecule has 2 heterocycles. The summed E-state index contributed by atoms with van der Waals surface area (Å²) in [7, 11) is 5.82. The second-order valence-electron chi connectivity index (χ2n) is 8.32. The predicted molar refractivity (Wildman–Crippen MR) is 117 cm³/mol. The minimum Gasteiger partial charge on any atom is -0.493 e. The molecule has 0 unspecified atom stereocenters. The molecule has 0 saturated carbocycles. The van der Waals surface area contributed by atoms with Gasteiger partial charge in [-0.15, -0.1) is 11.3 Å². The summed E-state index contributed by atoms with van der Waals surface area (Å²) in [6, 6.07) is 17.5. The van der Waals surface area contributed by atoms with Crippen LogP contribution in [-0.4, -0.2) is 38.8 Å². The van der Waals surface area contributed by atoms with Crippen LogP contribution < -0.4 is 9.47 Å². The number of piperidine rings is 1. The van der Waals surface area contributed by atoms with E-state index < -0.39 is 0 Å². The fourth-order valence-electron chi connectivity index (χ4n) is 4.44.